The fourth-order valence-corrected chi connectivity index (χ4v) is 3.84. The standard InChI is InChI=1S/C12H13BrN2OS2/c13-11-2-1-9(18-11)3-4-15-6-10-5-8(7-17-10)12(14)16/h1-2,5,7,15H,3-4,6H2,(H2,14,16). The summed E-state index contributed by atoms with van der Waals surface area (Å²) in [5.41, 5.74) is 5.80. The second-order valence-electron chi connectivity index (χ2n) is 3.80. The van der Waals surface area contributed by atoms with E-state index in [4.69, 9.17) is 5.73 Å². The normalized spacial score (nSPS) is 10.7. The third-order valence-corrected chi connectivity index (χ3v) is 5.03. The minimum atomic E-state index is -0.360. The highest BCUT2D eigenvalue weighted by Gasteiger charge is 2.04. The van der Waals surface area contributed by atoms with Gasteiger partial charge in [0.15, 0.2) is 0 Å². The molecule has 0 saturated carbocycles. The predicted molar refractivity (Wildman–Crippen MR) is 80.3 cm³/mol. The number of rotatable bonds is 6. The molecule has 6 heteroatoms. The molecular formula is C12H13BrN2OS2. The molecule has 18 heavy (non-hydrogen) atoms. The van der Waals surface area contributed by atoms with Crippen LogP contribution in [0.1, 0.15) is 20.1 Å². The van der Waals surface area contributed by atoms with Crippen molar-refractivity contribution in [1.82, 2.24) is 5.32 Å². The van der Waals surface area contributed by atoms with Crippen molar-refractivity contribution in [3.8, 4) is 0 Å². The van der Waals surface area contributed by atoms with Crippen LogP contribution >= 0.6 is 38.6 Å². The fraction of sp³-hybridized carbons (Fsp3) is 0.250. The van der Waals surface area contributed by atoms with E-state index in [0.29, 0.717) is 5.56 Å². The monoisotopic (exact) mass is 344 g/mol. The molecule has 0 bridgehead atoms. The van der Waals surface area contributed by atoms with Crippen LogP contribution in [0.25, 0.3) is 0 Å². The minimum absolute atomic E-state index is 0.360. The SMILES string of the molecule is NC(=O)c1csc(CNCCc2ccc(Br)s2)c1. The highest BCUT2D eigenvalue weighted by molar-refractivity contribution is 9.11. The zero-order valence-electron chi connectivity index (χ0n) is 9.61. The topological polar surface area (TPSA) is 55.1 Å². The largest absolute Gasteiger partial charge is 0.366 e. The van der Waals surface area contributed by atoms with Crippen molar-refractivity contribution in [2.45, 2.75) is 13.0 Å². The van der Waals surface area contributed by atoms with E-state index in [0.717, 1.165) is 24.4 Å². The average molecular weight is 345 g/mol. The van der Waals surface area contributed by atoms with Crippen molar-refractivity contribution in [1.29, 1.82) is 0 Å². The number of thiophene rings is 2. The van der Waals surface area contributed by atoms with E-state index in [1.54, 1.807) is 28.1 Å². The summed E-state index contributed by atoms with van der Waals surface area (Å²) in [6.07, 6.45) is 1.02. The summed E-state index contributed by atoms with van der Waals surface area (Å²) in [5.74, 6) is -0.360. The van der Waals surface area contributed by atoms with Gasteiger partial charge < -0.3 is 11.1 Å². The molecule has 0 aliphatic rings. The van der Waals surface area contributed by atoms with Crippen LogP contribution in [0, 0.1) is 0 Å². The Morgan fingerprint density at radius 1 is 1.39 bits per heavy atom. The summed E-state index contributed by atoms with van der Waals surface area (Å²) in [6.45, 7) is 1.71. The van der Waals surface area contributed by atoms with Gasteiger partial charge in [-0.15, -0.1) is 22.7 Å². The van der Waals surface area contributed by atoms with Gasteiger partial charge in [0.05, 0.1) is 9.35 Å². The summed E-state index contributed by atoms with van der Waals surface area (Å²) in [6, 6.07) is 6.05. The van der Waals surface area contributed by atoms with E-state index < -0.39 is 0 Å². The van der Waals surface area contributed by atoms with E-state index >= 15 is 0 Å². The first kappa shape index (κ1) is 13.7. The zero-order chi connectivity index (χ0) is 13.0. The van der Waals surface area contributed by atoms with Crippen molar-refractivity contribution in [2.75, 3.05) is 6.54 Å². The number of primary amides is 1. The Morgan fingerprint density at radius 2 is 2.22 bits per heavy atom. The third-order valence-electron chi connectivity index (χ3n) is 2.41. The lowest BCUT2D eigenvalue weighted by molar-refractivity contribution is 0.100. The van der Waals surface area contributed by atoms with Crippen LogP contribution in [0.15, 0.2) is 27.4 Å². The molecule has 0 unspecified atom stereocenters. The van der Waals surface area contributed by atoms with Crippen LogP contribution in [0.2, 0.25) is 0 Å². The minimum Gasteiger partial charge on any atom is -0.366 e. The Bertz CT molecular complexity index is 536. The highest BCUT2D eigenvalue weighted by atomic mass is 79.9. The van der Waals surface area contributed by atoms with Gasteiger partial charge >= 0.3 is 0 Å². The lowest BCUT2D eigenvalue weighted by Gasteiger charge is -2.01. The molecule has 0 aliphatic heterocycles. The first-order valence-corrected chi connectivity index (χ1v) is 7.96. The molecule has 3 nitrogen and oxygen atoms in total. The second kappa shape index (κ2) is 6.47. The summed E-state index contributed by atoms with van der Waals surface area (Å²) < 4.78 is 1.17. The Morgan fingerprint density at radius 3 is 2.83 bits per heavy atom. The van der Waals surface area contributed by atoms with Crippen molar-refractivity contribution in [2.24, 2.45) is 5.73 Å². The van der Waals surface area contributed by atoms with E-state index in [1.165, 1.54) is 8.66 Å². The van der Waals surface area contributed by atoms with Gasteiger partial charge in [0.2, 0.25) is 5.91 Å². The van der Waals surface area contributed by atoms with Crippen molar-refractivity contribution >= 4 is 44.5 Å². The molecule has 0 atom stereocenters. The molecule has 2 rings (SSSR count). The van der Waals surface area contributed by atoms with E-state index in [1.807, 2.05) is 6.07 Å². The van der Waals surface area contributed by atoms with Crippen LogP contribution < -0.4 is 11.1 Å². The van der Waals surface area contributed by atoms with Gasteiger partial charge in [-0.05, 0) is 40.5 Å². The molecule has 2 aromatic heterocycles. The molecule has 0 radical (unpaired) electrons. The quantitative estimate of drug-likeness (QED) is 0.791. The summed E-state index contributed by atoms with van der Waals surface area (Å²) in [5, 5.41) is 5.16. The number of hydrogen-bond acceptors (Lipinski definition) is 4. The average Bonchev–Trinajstić information content (AvgIpc) is 2.93. The molecule has 1 amide bonds. The highest BCUT2D eigenvalue weighted by Crippen LogP contribution is 2.22. The Balaban J connectivity index is 1.73. The number of halogens is 1. The number of amides is 1. The maximum absolute atomic E-state index is 10.9. The molecule has 96 valence electrons. The predicted octanol–water partition coefficient (Wildman–Crippen LogP) is 3.00. The van der Waals surface area contributed by atoms with Gasteiger partial charge in [-0.2, -0.15) is 0 Å². The number of nitrogens with one attached hydrogen (secondary N) is 1. The first-order chi connectivity index (χ1) is 8.65. The Hall–Kier alpha value is -0.690. The lowest BCUT2D eigenvalue weighted by Crippen LogP contribution is -2.15. The first-order valence-electron chi connectivity index (χ1n) is 5.47. The van der Waals surface area contributed by atoms with Crippen molar-refractivity contribution in [3.05, 3.63) is 42.7 Å². The van der Waals surface area contributed by atoms with Gasteiger partial charge in [-0.25, -0.2) is 0 Å². The molecular weight excluding hydrogens is 332 g/mol. The lowest BCUT2D eigenvalue weighted by atomic mass is 10.3. The van der Waals surface area contributed by atoms with E-state index in [9.17, 15) is 4.79 Å². The molecule has 2 heterocycles. The van der Waals surface area contributed by atoms with Gasteiger partial charge in [0, 0.05) is 28.2 Å². The van der Waals surface area contributed by atoms with E-state index in [2.05, 4.69) is 33.4 Å². The summed E-state index contributed by atoms with van der Waals surface area (Å²) >= 11 is 6.77. The second-order valence-corrected chi connectivity index (χ2v) is 7.34. The summed E-state index contributed by atoms with van der Waals surface area (Å²) in [4.78, 5) is 13.4. The molecule has 3 N–H and O–H groups in total. The molecule has 2 aromatic rings. The number of hydrogen-bond donors (Lipinski definition) is 2. The Labute approximate surface area is 122 Å². The number of carbonyl (C=O) groups excluding carboxylic acids is 1. The van der Waals surface area contributed by atoms with Gasteiger partial charge in [-0.3, -0.25) is 4.79 Å². The maximum Gasteiger partial charge on any atom is 0.249 e. The van der Waals surface area contributed by atoms with Crippen LogP contribution in [-0.4, -0.2) is 12.5 Å². The van der Waals surface area contributed by atoms with E-state index in [-0.39, 0.29) is 5.91 Å². The van der Waals surface area contributed by atoms with Crippen LogP contribution in [0.5, 0.6) is 0 Å². The molecule has 0 saturated heterocycles. The summed E-state index contributed by atoms with van der Waals surface area (Å²) in [7, 11) is 0. The van der Waals surface area contributed by atoms with Crippen LogP contribution in [-0.2, 0) is 13.0 Å². The third kappa shape index (κ3) is 3.91. The molecule has 0 spiro atoms. The molecule has 0 fully saturated rings. The zero-order valence-corrected chi connectivity index (χ0v) is 12.8. The number of nitrogens with two attached hydrogens (primary N) is 1. The van der Waals surface area contributed by atoms with Crippen molar-refractivity contribution < 1.29 is 4.79 Å². The maximum atomic E-state index is 10.9. The van der Waals surface area contributed by atoms with Gasteiger partial charge in [0.1, 0.15) is 0 Å². The van der Waals surface area contributed by atoms with Crippen molar-refractivity contribution in [3.63, 3.8) is 0 Å². The molecule has 0 aliphatic carbocycles. The van der Waals surface area contributed by atoms with Crippen LogP contribution in [0.3, 0.4) is 0 Å². The molecule has 0 aromatic carbocycles. The van der Waals surface area contributed by atoms with Gasteiger partial charge in [-0.1, -0.05) is 0 Å². The number of carbonyl (C=O) groups is 1. The Kier molecular flexibility index (Phi) is 4.94. The van der Waals surface area contributed by atoms with Crippen LogP contribution in [0.4, 0.5) is 0 Å². The fourth-order valence-electron chi connectivity index (χ4n) is 1.51. The van der Waals surface area contributed by atoms with Gasteiger partial charge in [0.25, 0.3) is 0 Å². The smallest absolute Gasteiger partial charge is 0.249 e.